The van der Waals surface area contributed by atoms with E-state index in [2.05, 4.69) is 172 Å². The molecule has 0 saturated carbocycles. The van der Waals surface area contributed by atoms with Crippen LogP contribution in [0.1, 0.15) is 11.7 Å². The van der Waals surface area contributed by atoms with Gasteiger partial charge in [-0.1, -0.05) is 103 Å². The third-order valence-electron chi connectivity index (χ3n) is 10.3. The van der Waals surface area contributed by atoms with Crippen LogP contribution < -0.4 is 5.32 Å². The van der Waals surface area contributed by atoms with Crippen LogP contribution >= 0.6 is 0 Å². The SMILES string of the molecule is c1ccc(-c2ccc3c(c2)NC2C(=N3)c3cc(-c4cccc5c4c4ccccc4n5-c4ccccc4)cc4c5ccccc5n2c34)cc1. The van der Waals surface area contributed by atoms with Crippen LogP contribution in [0.2, 0.25) is 0 Å². The lowest BCUT2D eigenvalue weighted by molar-refractivity contribution is 0.779. The zero-order valence-electron chi connectivity index (χ0n) is 25.9. The fraction of sp³-hybridized carbons (Fsp3) is 0.0227. The number of aromatic nitrogens is 2. The van der Waals surface area contributed by atoms with E-state index in [0.717, 1.165) is 22.8 Å². The smallest absolute Gasteiger partial charge is 0.148 e. The van der Waals surface area contributed by atoms with Gasteiger partial charge in [0, 0.05) is 32.8 Å². The summed E-state index contributed by atoms with van der Waals surface area (Å²) < 4.78 is 4.85. The van der Waals surface area contributed by atoms with Crippen LogP contribution in [-0.2, 0) is 0 Å². The molecule has 1 atom stereocenters. The van der Waals surface area contributed by atoms with Gasteiger partial charge >= 0.3 is 0 Å². The Labute approximate surface area is 276 Å². The second kappa shape index (κ2) is 9.57. The summed E-state index contributed by atoms with van der Waals surface area (Å²) in [6.07, 6.45) is -0.0908. The van der Waals surface area contributed by atoms with Gasteiger partial charge in [-0.2, -0.15) is 0 Å². The molecule has 7 aromatic carbocycles. The average Bonchev–Trinajstić information content (AvgIpc) is 3.79. The number of aliphatic imine (C=N–C) groups is 1. The third kappa shape index (κ3) is 3.46. The molecule has 4 heteroatoms. The molecule has 224 valence electrons. The summed E-state index contributed by atoms with van der Waals surface area (Å²) in [4.78, 5) is 5.38. The van der Waals surface area contributed by atoms with Crippen molar-refractivity contribution in [1.29, 1.82) is 0 Å². The van der Waals surface area contributed by atoms with Gasteiger partial charge < -0.3 is 14.5 Å². The lowest BCUT2D eigenvalue weighted by Crippen LogP contribution is -2.25. The molecule has 2 aliphatic rings. The van der Waals surface area contributed by atoms with Crippen molar-refractivity contribution in [2.75, 3.05) is 5.32 Å². The van der Waals surface area contributed by atoms with Gasteiger partial charge in [0.05, 0.1) is 39.2 Å². The number of benzene rings is 7. The summed E-state index contributed by atoms with van der Waals surface area (Å²) in [6.45, 7) is 0. The molecule has 0 radical (unpaired) electrons. The number of nitrogens with one attached hydrogen (secondary N) is 1. The van der Waals surface area contributed by atoms with E-state index >= 15 is 0 Å². The number of hydrogen-bond acceptors (Lipinski definition) is 2. The second-order valence-corrected chi connectivity index (χ2v) is 12.8. The fourth-order valence-corrected chi connectivity index (χ4v) is 8.23. The van der Waals surface area contributed by atoms with Crippen LogP contribution in [0.25, 0.3) is 71.6 Å². The minimum Gasteiger partial charge on any atom is -0.358 e. The van der Waals surface area contributed by atoms with Crippen LogP contribution in [0.4, 0.5) is 11.4 Å². The minimum absolute atomic E-state index is 0.0908. The zero-order valence-corrected chi connectivity index (χ0v) is 25.9. The Morgan fingerprint density at radius 1 is 0.500 bits per heavy atom. The van der Waals surface area contributed by atoms with Crippen molar-refractivity contribution in [2.24, 2.45) is 4.99 Å². The zero-order chi connectivity index (χ0) is 31.3. The van der Waals surface area contributed by atoms with Crippen molar-refractivity contribution in [3.63, 3.8) is 0 Å². The van der Waals surface area contributed by atoms with Gasteiger partial charge in [0.25, 0.3) is 0 Å². The van der Waals surface area contributed by atoms with Gasteiger partial charge in [-0.25, -0.2) is 4.99 Å². The van der Waals surface area contributed by atoms with E-state index in [9.17, 15) is 0 Å². The quantitative estimate of drug-likeness (QED) is 0.212. The van der Waals surface area contributed by atoms with E-state index < -0.39 is 0 Å². The fourth-order valence-electron chi connectivity index (χ4n) is 8.23. The number of para-hydroxylation sites is 3. The first-order chi connectivity index (χ1) is 23.8. The summed E-state index contributed by atoms with van der Waals surface area (Å²) in [7, 11) is 0. The summed E-state index contributed by atoms with van der Waals surface area (Å²) in [6, 6.07) is 56.9. The highest BCUT2D eigenvalue weighted by Gasteiger charge is 2.36. The molecule has 11 rings (SSSR count). The van der Waals surface area contributed by atoms with Crippen molar-refractivity contribution in [3.05, 3.63) is 163 Å². The maximum Gasteiger partial charge on any atom is 0.148 e. The standard InChI is InChI=1S/C44H28N4/c1-3-12-27(13-4-1)28-22-23-36-37(26-28)46-44-42(45-36)35-25-29(24-34-32-16-7-9-19-38(32)48(44)43(34)35)31-18-11-21-40-41(31)33-17-8-10-20-39(33)47(40)30-14-5-2-6-15-30/h1-26,44,46H. The van der Waals surface area contributed by atoms with Crippen LogP contribution in [-0.4, -0.2) is 14.8 Å². The first-order valence-electron chi connectivity index (χ1n) is 16.5. The van der Waals surface area contributed by atoms with Crippen molar-refractivity contribution < 1.29 is 0 Å². The first-order valence-corrected chi connectivity index (χ1v) is 16.5. The Balaban J connectivity index is 1.17. The molecule has 0 aliphatic carbocycles. The Bertz CT molecular complexity index is 2800. The molecule has 0 spiro atoms. The highest BCUT2D eigenvalue weighted by molar-refractivity contribution is 6.26. The van der Waals surface area contributed by atoms with Crippen molar-refractivity contribution in [3.8, 4) is 27.9 Å². The van der Waals surface area contributed by atoms with E-state index in [0.29, 0.717) is 0 Å². The van der Waals surface area contributed by atoms with E-state index in [-0.39, 0.29) is 6.17 Å². The molecule has 2 aliphatic heterocycles. The minimum atomic E-state index is -0.0908. The number of hydrogen-bond donors (Lipinski definition) is 1. The van der Waals surface area contributed by atoms with Gasteiger partial charge in [-0.3, -0.25) is 0 Å². The van der Waals surface area contributed by atoms with Crippen molar-refractivity contribution in [2.45, 2.75) is 6.17 Å². The average molecular weight is 613 g/mol. The maximum absolute atomic E-state index is 5.38. The Hall–Kier alpha value is -6.39. The van der Waals surface area contributed by atoms with Gasteiger partial charge in [0.2, 0.25) is 0 Å². The Kier molecular flexibility index (Phi) is 5.13. The Morgan fingerprint density at radius 2 is 1.23 bits per heavy atom. The van der Waals surface area contributed by atoms with Gasteiger partial charge in [0.15, 0.2) is 0 Å². The van der Waals surface area contributed by atoms with Gasteiger partial charge in [0.1, 0.15) is 6.17 Å². The van der Waals surface area contributed by atoms with E-state index in [1.54, 1.807) is 0 Å². The van der Waals surface area contributed by atoms with Gasteiger partial charge in [-0.05, 0) is 76.9 Å². The number of fused-ring (bicyclic) bond motifs is 10. The molecular weight excluding hydrogens is 585 g/mol. The predicted octanol–water partition coefficient (Wildman–Crippen LogP) is 11.3. The lowest BCUT2D eigenvalue weighted by Gasteiger charge is -2.25. The van der Waals surface area contributed by atoms with Gasteiger partial charge in [-0.15, -0.1) is 0 Å². The lowest BCUT2D eigenvalue weighted by atomic mass is 9.94. The van der Waals surface area contributed by atoms with E-state index in [4.69, 9.17) is 4.99 Å². The summed E-state index contributed by atoms with van der Waals surface area (Å²) in [5.74, 6) is 0. The maximum atomic E-state index is 5.38. The topological polar surface area (TPSA) is 34.2 Å². The molecular formula is C44H28N4. The molecule has 1 unspecified atom stereocenters. The first kappa shape index (κ1) is 25.8. The normalized spacial score (nSPS) is 14.8. The highest BCUT2D eigenvalue weighted by Crippen LogP contribution is 2.48. The molecule has 9 aromatic rings. The van der Waals surface area contributed by atoms with E-state index in [1.807, 2.05) is 0 Å². The molecule has 1 N–H and O–H groups in total. The van der Waals surface area contributed by atoms with E-state index in [1.165, 1.54) is 71.4 Å². The molecule has 2 aromatic heterocycles. The van der Waals surface area contributed by atoms with Crippen molar-refractivity contribution in [1.82, 2.24) is 9.13 Å². The van der Waals surface area contributed by atoms with Crippen LogP contribution in [0.5, 0.6) is 0 Å². The highest BCUT2D eigenvalue weighted by atomic mass is 15.2. The molecule has 0 fully saturated rings. The van der Waals surface area contributed by atoms with Crippen LogP contribution in [0.3, 0.4) is 0 Å². The molecule has 48 heavy (non-hydrogen) atoms. The molecule has 4 nitrogen and oxygen atoms in total. The largest absolute Gasteiger partial charge is 0.358 e. The number of rotatable bonds is 3. The molecule has 4 heterocycles. The van der Waals surface area contributed by atoms with Crippen LogP contribution in [0.15, 0.2) is 163 Å². The monoisotopic (exact) mass is 612 g/mol. The molecule has 0 bridgehead atoms. The predicted molar refractivity (Wildman–Crippen MR) is 200 cm³/mol. The summed E-state index contributed by atoms with van der Waals surface area (Å²) in [5, 5.41) is 8.96. The summed E-state index contributed by atoms with van der Waals surface area (Å²) in [5.41, 5.74) is 15.2. The second-order valence-electron chi connectivity index (χ2n) is 12.8. The van der Waals surface area contributed by atoms with Crippen LogP contribution in [0, 0.1) is 0 Å². The number of anilines is 1. The number of nitrogens with zero attached hydrogens (tertiary/aromatic N) is 3. The third-order valence-corrected chi connectivity index (χ3v) is 10.3. The Morgan fingerprint density at radius 3 is 2.08 bits per heavy atom. The molecule has 0 amide bonds. The molecule has 0 saturated heterocycles. The summed E-state index contributed by atoms with van der Waals surface area (Å²) >= 11 is 0. The van der Waals surface area contributed by atoms with Crippen molar-refractivity contribution >= 4 is 60.7 Å².